The van der Waals surface area contributed by atoms with Crippen LogP contribution in [0.15, 0.2) is 59.7 Å². The number of nitrogens with zero attached hydrogens (tertiary/aromatic N) is 5. The topological polar surface area (TPSA) is 47.0 Å². The van der Waals surface area contributed by atoms with Gasteiger partial charge in [-0.2, -0.15) is 0 Å². The fraction of sp³-hybridized carbons (Fsp3) is 0.520. The molecule has 6 nitrogen and oxygen atoms in total. The number of likely N-dealkylation sites (tertiary alicyclic amines) is 1. The number of benzene rings is 1. The van der Waals surface area contributed by atoms with Crippen LogP contribution in [0.1, 0.15) is 18.9 Å². The van der Waals surface area contributed by atoms with E-state index >= 15 is 0 Å². The standard InChI is InChI=1S/C25H36N6.HI/c1-2-26-25(31-18-16-30(17-19-31)24-10-6-7-13-27-24)28-20-23-12-15-29(21-23)14-11-22-8-4-3-5-9-22;/h3-10,13,23H,2,11-12,14-21H2,1H3,(H,26,28);1H. The Morgan fingerprint density at radius 2 is 1.81 bits per heavy atom. The molecule has 1 aromatic heterocycles. The van der Waals surface area contributed by atoms with Crippen molar-refractivity contribution in [2.45, 2.75) is 19.8 Å². The first-order chi connectivity index (χ1) is 15.3. The number of halogens is 1. The van der Waals surface area contributed by atoms with Crippen molar-refractivity contribution in [3.63, 3.8) is 0 Å². The number of hydrogen-bond donors (Lipinski definition) is 1. The van der Waals surface area contributed by atoms with Crippen molar-refractivity contribution in [3.8, 4) is 0 Å². The summed E-state index contributed by atoms with van der Waals surface area (Å²) in [6, 6.07) is 17.0. The summed E-state index contributed by atoms with van der Waals surface area (Å²) in [7, 11) is 0. The lowest BCUT2D eigenvalue weighted by Gasteiger charge is -2.37. The number of aliphatic imine (C=N–C) groups is 1. The third-order valence-electron chi connectivity index (χ3n) is 6.32. The summed E-state index contributed by atoms with van der Waals surface area (Å²) in [5.41, 5.74) is 1.43. The number of pyridine rings is 1. The average molecular weight is 549 g/mol. The number of nitrogens with one attached hydrogen (secondary N) is 1. The van der Waals surface area contributed by atoms with Gasteiger partial charge in [-0.3, -0.25) is 4.99 Å². The molecule has 0 amide bonds. The molecule has 1 aromatic carbocycles. The minimum Gasteiger partial charge on any atom is -0.357 e. The van der Waals surface area contributed by atoms with Crippen molar-refractivity contribution >= 4 is 35.8 Å². The normalized spacial score (nSPS) is 19.7. The highest BCUT2D eigenvalue weighted by Gasteiger charge is 2.24. The van der Waals surface area contributed by atoms with E-state index in [0.717, 1.165) is 64.0 Å². The van der Waals surface area contributed by atoms with Crippen molar-refractivity contribution in [1.29, 1.82) is 0 Å². The molecule has 3 heterocycles. The third-order valence-corrected chi connectivity index (χ3v) is 6.32. The molecule has 1 N–H and O–H groups in total. The lowest BCUT2D eigenvalue weighted by Crippen LogP contribution is -2.52. The Bertz CT molecular complexity index is 808. The van der Waals surface area contributed by atoms with Crippen LogP contribution in [0.3, 0.4) is 0 Å². The molecule has 0 spiro atoms. The van der Waals surface area contributed by atoms with E-state index in [1.807, 2.05) is 12.3 Å². The van der Waals surface area contributed by atoms with Gasteiger partial charge in [0.1, 0.15) is 5.82 Å². The molecule has 2 saturated heterocycles. The highest BCUT2D eigenvalue weighted by atomic mass is 127. The van der Waals surface area contributed by atoms with Gasteiger partial charge in [0.05, 0.1) is 0 Å². The van der Waals surface area contributed by atoms with Crippen molar-refractivity contribution < 1.29 is 0 Å². The predicted molar refractivity (Wildman–Crippen MR) is 144 cm³/mol. The zero-order valence-electron chi connectivity index (χ0n) is 19.2. The monoisotopic (exact) mass is 548 g/mol. The fourth-order valence-corrected chi connectivity index (χ4v) is 4.53. The highest BCUT2D eigenvalue weighted by Crippen LogP contribution is 2.18. The van der Waals surface area contributed by atoms with E-state index < -0.39 is 0 Å². The van der Waals surface area contributed by atoms with Crippen LogP contribution in [0, 0.1) is 5.92 Å². The number of guanidine groups is 1. The molecule has 2 aromatic rings. The molecule has 0 aliphatic carbocycles. The summed E-state index contributed by atoms with van der Waals surface area (Å²) >= 11 is 0. The Kier molecular flexibility index (Phi) is 10.1. The fourth-order valence-electron chi connectivity index (χ4n) is 4.53. The van der Waals surface area contributed by atoms with Gasteiger partial charge in [-0.25, -0.2) is 4.98 Å². The lowest BCUT2D eigenvalue weighted by atomic mass is 10.1. The molecule has 0 bridgehead atoms. The molecule has 2 aliphatic heterocycles. The smallest absolute Gasteiger partial charge is 0.194 e. The second kappa shape index (κ2) is 13.0. The van der Waals surface area contributed by atoms with Crippen LogP contribution in [0.2, 0.25) is 0 Å². The second-order valence-electron chi connectivity index (χ2n) is 8.55. The molecule has 1 atom stereocenters. The maximum atomic E-state index is 5.04. The first-order valence-corrected chi connectivity index (χ1v) is 11.8. The first kappa shape index (κ1) is 24.8. The van der Waals surface area contributed by atoms with Crippen LogP contribution in [-0.4, -0.2) is 79.6 Å². The molecule has 174 valence electrons. The molecule has 2 fully saturated rings. The number of rotatable bonds is 7. The Morgan fingerprint density at radius 3 is 2.53 bits per heavy atom. The van der Waals surface area contributed by atoms with Gasteiger partial charge in [0.25, 0.3) is 0 Å². The van der Waals surface area contributed by atoms with Crippen LogP contribution in [0.25, 0.3) is 0 Å². The molecular formula is C25H37IN6. The quantitative estimate of drug-likeness (QED) is 0.327. The van der Waals surface area contributed by atoms with Gasteiger partial charge in [-0.05, 0) is 49.9 Å². The van der Waals surface area contributed by atoms with E-state index in [2.05, 4.69) is 74.4 Å². The molecule has 4 rings (SSSR count). The zero-order valence-corrected chi connectivity index (χ0v) is 21.5. The maximum absolute atomic E-state index is 5.04. The van der Waals surface area contributed by atoms with Gasteiger partial charge < -0.3 is 20.0 Å². The van der Waals surface area contributed by atoms with Crippen molar-refractivity contribution in [3.05, 3.63) is 60.3 Å². The van der Waals surface area contributed by atoms with Crippen molar-refractivity contribution in [1.82, 2.24) is 20.1 Å². The van der Waals surface area contributed by atoms with Crippen molar-refractivity contribution in [2.24, 2.45) is 10.9 Å². The molecule has 32 heavy (non-hydrogen) atoms. The SMILES string of the molecule is CCNC(=NCC1CCN(CCc2ccccc2)C1)N1CCN(c2ccccn2)CC1.I. The zero-order chi connectivity index (χ0) is 21.3. The van der Waals surface area contributed by atoms with Gasteiger partial charge in [0, 0.05) is 58.6 Å². The number of piperazine rings is 1. The van der Waals surface area contributed by atoms with Gasteiger partial charge in [0.15, 0.2) is 5.96 Å². The van der Waals surface area contributed by atoms with E-state index in [9.17, 15) is 0 Å². The second-order valence-corrected chi connectivity index (χ2v) is 8.55. The summed E-state index contributed by atoms with van der Waals surface area (Å²) in [5, 5.41) is 3.52. The Labute approximate surface area is 210 Å². The predicted octanol–water partition coefficient (Wildman–Crippen LogP) is 3.35. The van der Waals surface area contributed by atoms with Crippen LogP contribution < -0.4 is 10.2 Å². The Balaban J connectivity index is 0.00000289. The summed E-state index contributed by atoms with van der Waals surface area (Å²) in [5.74, 6) is 2.82. The Morgan fingerprint density at radius 1 is 1.03 bits per heavy atom. The molecular weight excluding hydrogens is 511 g/mol. The molecule has 0 radical (unpaired) electrons. The lowest BCUT2D eigenvalue weighted by molar-refractivity contribution is 0.329. The van der Waals surface area contributed by atoms with Crippen LogP contribution in [0.5, 0.6) is 0 Å². The highest BCUT2D eigenvalue weighted by molar-refractivity contribution is 14.0. The third kappa shape index (κ3) is 7.07. The minimum atomic E-state index is 0. The Hall–Kier alpha value is -1.87. The van der Waals surface area contributed by atoms with Crippen LogP contribution in [0.4, 0.5) is 5.82 Å². The van der Waals surface area contributed by atoms with Gasteiger partial charge in [-0.15, -0.1) is 24.0 Å². The maximum Gasteiger partial charge on any atom is 0.194 e. The van der Waals surface area contributed by atoms with E-state index in [0.29, 0.717) is 5.92 Å². The largest absolute Gasteiger partial charge is 0.357 e. The van der Waals surface area contributed by atoms with E-state index in [1.165, 1.54) is 25.1 Å². The van der Waals surface area contributed by atoms with E-state index in [1.54, 1.807) is 0 Å². The molecule has 0 saturated carbocycles. The van der Waals surface area contributed by atoms with Crippen LogP contribution in [-0.2, 0) is 6.42 Å². The number of hydrogen-bond acceptors (Lipinski definition) is 4. The van der Waals surface area contributed by atoms with Crippen LogP contribution >= 0.6 is 24.0 Å². The molecule has 2 aliphatic rings. The van der Waals surface area contributed by atoms with Gasteiger partial charge in [0.2, 0.25) is 0 Å². The average Bonchev–Trinajstić information content (AvgIpc) is 3.30. The van der Waals surface area contributed by atoms with E-state index in [4.69, 9.17) is 4.99 Å². The summed E-state index contributed by atoms with van der Waals surface area (Å²) in [6.07, 6.45) is 4.27. The molecule has 1 unspecified atom stereocenters. The number of aromatic nitrogens is 1. The minimum absolute atomic E-state index is 0. The van der Waals surface area contributed by atoms with Gasteiger partial charge >= 0.3 is 0 Å². The summed E-state index contributed by atoms with van der Waals surface area (Å²) in [4.78, 5) is 16.9. The summed E-state index contributed by atoms with van der Waals surface area (Å²) in [6.45, 7) is 11.4. The first-order valence-electron chi connectivity index (χ1n) is 11.8. The van der Waals surface area contributed by atoms with E-state index in [-0.39, 0.29) is 24.0 Å². The number of anilines is 1. The van der Waals surface area contributed by atoms with Gasteiger partial charge in [-0.1, -0.05) is 36.4 Å². The van der Waals surface area contributed by atoms with Crippen molar-refractivity contribution in [2.75, 3.05) is 63.8 Å². The summed E-state index contributed by atoms with van der Waals surface area (Å²) < 4.78 is 0. The molecule has 7 heteroatoms.